The van der Waals surface area contributed by atoms with Crippen molar-refractivity contribution in [2.45, 2.75) is 0 Å². The van der Waals surface area contributed by atoms with E-state index in [2.05, 4.69) is 20.5 Å². The Morgan fingerprint density at radius 3 is 2.55 bits per heavy atom. The fourth-order valence-electron chi connectivity index (χ4n) is 1.05. The first-order chi connectivity index (χ1) is 5.29. The van der Waals surface area contributed by atoms with Gasteiger partial charge in [0.2, 0.25) is 0 Å². The zero-order chi connectivity index (χ0) is 7.84. The molecule has 0 unspecified atom stereocenters. The molecular formula is C8H4OSi2. The van der Waals surface area contributed by atoms with E-state index in [9.17, 15) is 0 Å². The summed E-state index contributed by atoms with van der Waals surface area (Å²) in [6, 6.07) is 7.86. The first-order valence-corrected chi connectivity index (χ1v) is 4.24. The lowest BCUT2D eigenvalue weighted by Gasteiger charge is -1.85. The number of furan rings is 1. The quantitative estimate of drug-likeness (QED) is 0.511. The Balaban J connectivity index is 2.92. The first-order valence-electron chi connectivity index (χ1n) is 3.24. The minimum Gasteiger partial charge on any atom is -0.467 e. The number of hydrogen-bond acceptors (Lipinski definition) is 1. The summed E-state index contributed by atoms with van der Waals surface area (Å²) in [6.07, 6.45) is 0. The molecular weight excluding hydrogens is 168 g/mol. The van der Waals surface area contributed by atoms with Crippen LogP contribution in [-0.4, -0.2) is 20.5 Å². The summed E-state index contributed by atoms with van der Waals surface area (Å²) in [5.41, 5.74) is 0.891. The maximum absolute atomic E-state index is 5.36. The molecule has 0 aliphatic heterocycles. The minimum atomic E-state index is 0.739. The van der Waals surface area contributed by atoms with Crippen LogP contribution < -0.4 is 10.6 Å². The van der Waals surface area contributed by atoms with Crippen LogP contribution in [0.4, 0.5) is 0 Å². The standard InChI is InChI=1S/C8H4OSi2/c10-7-5-3-1-2-4-6(5)9-8(7)11/h1-4H. The summed E-state index contributed by atoms with van der Waals surface area (Å²) >= 11 is 0. The van der Waals surface area contributed by atoms with Gasteiger partial charge in [0.1, 0.15) is 15.8 Å². The van der Waals surface area contributed by atoms with Gasteiger partial charge in [0.15, 0.2) is 0 Å². The molecule has 1 nitrogen and oxygen atoms in total. The van der Waals surface area contributed by atoms with Crippen molar-refractivity contribution in [2.75, 3.05) is 0 Å². The van der Waals surface area contributed by atoms with Gasteiger partial charge in [-0.15, -0.1) is 0 Å². The van der Waals surface area contributed by atoms with Gasteiger partial charge in [0.25, 0.3) is 0 Å². The van der Waals surface area contributed by atoms with Gasteiger partial charge in [-0.25, -0.2) is 0 Å². The SMILES string of the molecule is [Si]c1oc2ccccc2c1[Si]. The largest absolute Gasteiger partial charge is 0.467 e. The Kier molecular flexibility index (Phi) is 1.47. The van der Waals surface area contributed by atoms with Crippen molar-refractivity contribution >= 4 is 42.0 Å². The first kappa shape index (κ1) is 6.88. The van der Waals surface area contributed by atoms with Gasteiger partial charge >= 0.3 is 0 Å². The van der Waals surface area contributed by atoms with Gasteiger partial charge in [-0.3, -0.25) is 0 Å². The molecule has 0 atom stereocenters. The van der Waals surface area contributed by atoms with E-state index in [0.717, 1.165) is 21.5 Å². The van der Waals surface area contributed by atoms with Gasteiger partial charge in [-0.2, -0.15) is 0 Å². The molecule has 0 saturated carbocycles. The van der Waals surface area contributed by atoms with E-state index in [1.54, 1.807) is 0 Å². The van der Waals surface area contributed by atoms with Gasteiger partial charge in [-0.05, 0) is 11.3 Å². The van der Waals surface area contributed by atoms with Crippen LogP contribution >= 0.6 is 0 Å². The molecule has 1 aromatic heterocycles. The van der Waals surface area contributed by atoms with Crippen molar-refractivity contribution in [3.05, 3.63) is 24.3 Å². The third-order valence-electron chi connectivity index (χ3n) is 1.60. The van der Waals surface area contributed by atoms with E-state index in [1.807, 2.05) is 24.3 Å². The van der Waals surface area contributed by atoms with E-state index in [-0.39, 0.29) is 0 Å². The molecule has 11 heavy (non-hydrogen) atoms. The molecule has 0 spiro atoms. The molecule has 0 bridgehead atoms. The van der Waals surface area contributed by atoms with Crippen molar-refractivity contribution in [1.29, 1.82) is 0 Å². The number of para-hydroxylation sites is 1. The molecule has 6 radical (unpaired) electrons. The Morgan fingerprint density at radius 1 is 1.09 bits per heavy atom. The Labute approximate surface area is 71.2 Å². The number of fused-ring (bicyclic) bond motifs is 1. The highest BCUT2D eigenvalue weighted by Gasteiger charge is 2.03. The highest BCUT2D eigenvalue weighted by Crippen LogP contribution is 2.08. The zero-order valence-electron chi connectivity index (χ0n) is 5.72. The highest BCUT2D eigenvalue weighted by atomic mass is 28.2. The maximum atomic E-state index is 5.36. The van der Waals surface area contributed by atoms with Gasteiger partial charge < -0.3 is 4.42 Å². The molecule has 2 aromatic rings. The third kappa shape index (κ3) is 0.966. The molecule has 0 aliphatic rings. The van der Waals surface area contributed by atoms with Gasteiger partial charge in [0.05, 0.1) is 15.6 Å². The van der Waals surface area contributed by atoms with E-state index in [4.69, 9.17) is 4.42 Å². The summed E-state index contributed by atoms with van der Waals surface area (Å²) in [7, 11) is 6.80. The van der Waals surface area contributed by atoms with Crippen LogP contribution in [0.5, 0.6) is 0 Å². The van der Waals surface area contributed by atoms with E-state index in [0.29, 0.717) is 0 Å². The lowest BCUT2D eigenvalue weighted by atomic mass is 10.3. The molecule has 2 rings (SSSR count). The molecule has 0 aliphatic carbocycles. The van der Waals surface area contributed by atoms with Crippen molar-refractivity contribution < 1.29 is 4.42 Å². The van der Waals surface area contributed by atoms with Crippen LogP contribution in [0.2, 0.25) is 0 Å². The molecule has 50 valence electrons. The van der Waals surface area contributed by atoms with Gasteiger partial charge in [-0.1, -0.05) is 18.2 Å². The van der Waals surface area contributed by atoms with Crippen molar-refractivity contribution in [3.8, 4) is 0 Å². The lowest BCUT2D eigenvalue weighted by molar-refractivity contribution is 0.655. The summed E-state index contributed by atoms with van der Waals surface area (Å²) in [5, 5.41) is 2.80. The second-order valence-corrected chi connectivity index (χ2v) is 3.26. The summed E-state index contributed by atoms with van der Waals surface area (Å²) < 4.78 is 5.36. The maximum Gasteiger partial charge on any atom is 0.133 e. The van der Waals surface area contributed by atoms with Gasteiger partial charge in [0, 0.05) is 5.39 Å². The molecule has 3 heteroatoms. The molecule has 0 N–H and O–H groups in total. The van der Waals surface area contributed by atoms with E-state index in [1.165, 1.54) is 0 Å². The normalized spacial score (nSPS) is 10.7. The van der Waals surface area contributed by atoms with Crippen LogP contribution in [0.25, 0.3) is 11.0 Å². The smallest absolute Gasteiger partial charge is 0.133 e. The lowest BCUT2D eigenvalue weighted by Crippen LogP contribution is -2.20. The topological polar surface area (TPSA) is 13.1 Å². The second-order valence-electron chi connectivity index (χ2n) is 2.30. The summed E-state index contributed by atoms with van der Waals surface area (Å²) in [5.74, 6) is 0. The highest BCUT2D eigenvalue weighted by molar-refractivity contribution is 6.51. The van der Waals surface area contributed by atoms with Crippen LogP contribution in [0, 0.1) is 0 Å². The van der Waals surface area contributed by atoms with Crippen LogP contribution in [-0.2, 0) is 0 Å². The van der Waals surface area contributed by atoms with Crippen molar-refractivity contribution in [3.63, 3.8) is 0 Å². The van der Waals surface area contributed by atoms with E-state index >= 15 is 0 Å². The van der Waals surface area contributed by atoms with Crippen LogP contribution in [0.3, 0.4) is 0 Å². The summed E-state index contributed by atoms with van der Waals surface area (Å²) in [4.78, 5) is 0. The Bertz CT molecular complexity index is 392. The van der Waals surface area contributed by atoms with Crippen LogP contribution in [0.15, 0.2) is 28.7 Å². The molecule has 0 saturated heterocycles. The fraction of sp³-hybridized carbons (Fsp3) is 0. The molecule has 1 heterocycles. The predicted molar refractivity (Wildman–Crippen MR) is 47.0 cm³/mol. The van der Waals surface area contributed by atoms with Crippen molar-refractivity contribution in [2.24, 2.45) is 0 Å². The average Bonchev–Trinajstić information content (AvgIpc) is 2.30. The molecule has 0 amide bonds. The number of hydrogen-bond donors (Lipinski definition) is 0. The van der Waals surface area contributed by atoms with Crippen LogP contribution in [0.1, 0.15) is 0 Å². The van der Waals surface area contributed by atoms with E-state index < -0.39 is 0 Å². The Hall–Kier alpha value is -0.806. The Morgan fingerprint density at radius 2 is 1.82 bits per heavy atom. The average molecular weight is 172 g/mol. The third-order valence-corrected chi connectivity index (χ3v) is 2.69. The minimum absolute atomic E-state index is 0.739. The monoisotopic (exact) mass is 172 g/mol. The summed E-state index contributed by atoms with van der Waals surface area (Å²) in [6.45, 7) is 0. The molecule has 0 fully saturated rings. The second kappa shape index (κ2) is 2.35. The number of benzene rings is 1. The predicted octanol–water partition coefficient (Wildman–Crippen LogP) is 0.0204. The van der Waals surface area contributed by atoms with Crippen molar-refractivity contribution in [1.82, 2.24) is 0 Å². The fourth-order valence-corrected chi connectivity index (χ4v) is 1.55. The number of rotatable bonds is 0. The molecule has 1 aromatic carbocycles. The zero-order valence-corrected chi connectivity index (χ0v) is 7.72.